The molecule has 20 heavy (non-hydrogen) atoms. The molecule has 1 aromatic heterocycles. The SMILES string of the molecule is [C-]#[N+]c1cnc(Oc2ccc3c(c2)COB3C)c(C)c1. The van der Waals surface area contributed by atoms with Gasteiger partial charge in [-0.25, -0.2) is 9.83 Å². The van der Waals surface area contributed by atoms with Gasteiger partial charge in [0.25, 0.3) is 0 Å². The number of benzene rings is 1. The lowest BCUT2D eigenvalue weighted by molar-refractivity contribution is 0.333. The maximum Gasteiger partial charge on any atom is 0.324 e. The van der Waals surface area contributed by atoms with Crippen molar-refractivity contribution in [2.45, 2.75) is 20.4 Å². The van der Waals surface area contributed by atoms with Gasteiger partial charge in [0, 0.05) is 11.8 Å². The van der Waals surface area contributed by atoms with E-state index in [0.29, 0.717) is 18.2 Å². The van der Waals surface area contributed by atoms with Crippen LogP contribution in [0.15, 0.2) is 30.5 Å². The molecule has 0 spiro atoms. The Morgan fingerprint density at radius 3 is 3.00 bits per heavy atom. The third-order valence-corrected chi connectivity index (χ3v) is 3.40. The minimum Gasteiger partial charge on any atom is -0.439 e. The molecule has 1 aromatic carbocycles. The number of hydrogen-bond donors (Lipinski definition) is 0. The second-order valence-electron chi connectivity index (χ2n) is 4.84. The second-order valence-corrected chi connectivity index (χ2v) is 4.84. The number of aryl methyl sites for hydroxylation is 1. The molecule has 5 heteroatoms. The first-order valence-electron chi connectivity index (χ1n) is 6.44. The van der Waals surface area contributed by atoms with Crippen LogP contribution in [0.25, 0.3) is 4.85 Å². The third-order valence-electron chi connectivity index (χ3n) is 3.40. The minimum absolute atomic E-state index is 0.150. The summed E-state index contributed by atoms with van der Waals surface area (Å²) in [5.41, 5.74) is 3.74. The lowest BCUT2D eigenvalue weighted by Gasteiger charge is -2.09. The first-order chi connectivity index (χ1) is 9.67. The topological polar surface area (TPSA) is 35.7 Å². The molecule has 1 aliphatic heterocycles. The van der Waals surface area contributed by atoms with Gasteiger partial charge in [0.2, 0.25) is 11.6 Å². The van der Waals surface area contributed by atoms with Gasteiger partial charge < -0.3 is 9.39 Å². The van der Waals surface area contributed by atoms with Crippen molar-refractivity contribution in [1.82, 2.24) is 4.98 Å². The summed E-state index contributed by atoms with van der Waals surface area (Å²) in [6.07, 6.45) is 1.52. The molecule has 0 bridgehead atoms. The maximum absolute atomic E-state index is 6.96. The first-order valence-corrected chi connectivity index (χ1v) is 6.44. The molecular weight excluding hydrogens is 251 g/mol. The average Bonchev–Trinajstić information content (AvgIpc) is 2.82. The van der Waals surface area contributed by atoms with Gasteiger partial charge in [-0.1, -0.05) is 12.9 Å². The Kier molecular flexibility index (Phi) is 3.17. The molecule has 0 fully saturated rings. The molecule has 2 heterocycles. The van der Waals surface area contributed by atoms with Crippen molar-refractivity contribution in [3.8, 4) is 11.6 Å². The van der Waals surface area contributed by atoms with Gasteiger partial charge in [0.1, 0.15) is 5.75 Å². The molecule has 0 saturated heterocycles. The van der Waals surface area contributed by atoms with Crippen molar-refractivity contribution in [3.05, 3.63) is 53.0 Å². The summed E-state index contributed by atoms with van der Waals surface area (Å²) in [6.45, 7) is 11.7. The number of hydrogen-bond acceptors (Lipinski definition) is 3. The van der Waals surface area contributed by atoms with E-state index in [1.807, 2.05) is 31.9 Å². The number of nitrogens with zero attached hydrogens (tertiary/aromatic N) is 2. The molecule has 98 valence electrons. The normalized spacial score (nSPS) is 12.9. The third kappa shape index (κ3) is 2.26. The number of pyridine rings is 1. The Morgan fingerprint density at radius 2 is 2.25 bits per heavy atom. The van der Waals surface area contributed by atoms with Crippen molar-refractivity contribution >= 4 is 18.1 Å². The van der Waals surface area contributed by atoms with Gasteiger partial charge in [0.15, 0.2) is 0 Å². The number of aromatic nitrogens is 1. The number of ether oxygens (including phenoxy) is 1. The van der Waals surface area contributed by atoms with E-state index >= 15 is 0 Å². The summed E-state index contributed by atoms with van der Waals surface area (Å²) in [4.78, 5) is 7.54. The molecule has 4 nitrogen and oxygen atoms in total. The molecule has 0 radical (unpaired) electrons. The van der Waals surface area contributed by atoms with Gasteiger partial charge in [-0.3, -0.25) is 0 Å². The zero-order chi connectivity index (χ0) is 14.1. The van der Waals surface area contributed by atoms with Crippen LogP contribution >= 0.6 is 0 Å². The molecule has 0 atom stereocenters. The zero-order valence-corrected chi connectivity index (χ0v) is 11.4. The van der Waals surface area contributed by atoms with E-state index in [0.717, 1.165) is 16.9 Å². The summed E-state index contributed by atoms with van der Waals surface area (Å²) in [5, 5.41) is 0. The van der Waals surface area contributed by atoms with Crippen molar-refractivity contribution < 1.29 is 9.39 Å². The zero-order valence-electron chi connectivity index (χ0n) is 11.4. The summed E-state index contributed by atoms with van der Waals surface area (Å²) in [5.74, 6) is 1.27. The van der Waals surface area contributed by atoms with Crippen LogP contribution in [0.2, 0.25) is 6.82 Å². The van der Waals surface area contributed by atoms with Crippen molar-refractivity contribution in [1.29, 1.82) is 0 Å². The number of fused-ring (bicyclic) bond motifs is 1. The quantitative estimate of drug-likeness (QED) is 0.617. The second kappa shape index (κ2) is 4.99. The van der Waals surface area contributed by atoms with E-state index in [1.165, 1.54) is 11.7 Å². The van der Waals surface area contributed by atoms with Gasteiger partial charge in [0.05, 0.1) is 13.2 Å². The van der Waals surface area contributed by atoms with Crippen LogP contribution in [0.3, 0.4) is 0 Å². The highest BCUT2D eigenvalue weighted by molar-refractivity contribution is 6.67. The highest BCUT2D eigenvalue weighted by atomic mass is 16.5. The summed E-state index contributed by atoms with van der Waals surface area (Å²) < 4.78 is 11.4. The van der Waals surface area contributed by atoms with Crippen molar-refractivity contribution in [3.63, 3.8) is 0 Å². The monoisotopic (exact) mass is 264 g/mol. The molecule has 2 aromatic rings. The van der Waals surface area contributed by atoms with Gasteiger partial charge in [-0.05, 0) is 36.1 Å². The average molecular weight is 264 g/mol. The van der Waals surface area contributed by atoms with E-state index in [4.69, 9.17) is 16.0 Å². The van der Waals surface area contributed by atoms with Gasteiger partial charge in [-0.2, -0.15) is 0 Å². The van der Waals surface area contributed by atoms with Gasteiger partial charge >= 0.3 is 6.92 Å². The molecule has 0 amide bonds. The molecule has 0 saturated carbocycles. The van der Waals surface area contributed by atoms with E-state index in [1.54, 1.807) is 6.07 Å². The van der Waals surface area contributed by atoms with Crippen molar-refractivity contribution in [2.24, 2.45) is 0 Å². The Balaban J connectivity index is 1.87. The van der Waals surface area contributed by atoms with Gasteiger partial charge in [-0.15, -0.1) is 0 Å². The Labute approximate surface area is 118 Å². The summed E-state index contributed by atoms with van der Waals surface area (Å²) in [7, 11) is 0. The van der Waals surface area contributed by atoms with Crippen LogP contribution in [0.1, 0.15) is 11.1 Å². The van der Waals surface area contributed by atoms with Crippen LogP contribution in [0, 0.1) is 13.5 Å². The van der Waals surface area contributed by atoms with Crippen LogP contribution in [0.5, 0.6) is 11.6 Å². The molecule has 0 unspecified atom stereocenters. The van der Waals surface area contributed by atoms with Crippen LogP contribution in [-0.2, 0) is 11.3 Å². The summed E-state index contributed by atoms with van der Waals surface area (Å²) in [6, 6.07) is 7.72. The van der Waals surface area contributed by atoms with E-state index < -0.39 is 0 Å². The van der Waals surface area contributed by atoms with Crippen LogP contribution < -0.4 is 10.2 Å². The molecule has 1 aliphatic rings. The van der Waals surface area contributed by atoms with Crippen LogP contribution in [0.4, 0.5) is 5.69 Å². The number of rotatable bonds is 2. The van der Waals surface area contributed by atoms with Crippen LogP contribution in [-0.4, -0.2) is 11.9 Å². The lowest BCUT2D eigenvalue weighted by atomic mass is 9.64. The largest absolute Gasteiger partial charge is 0.439 e. The first kappa shape index (κ1) is 12.7. The molecule has 0 N–H and O–H groups in total. The Morgan fingerprint density at radius 1 is 1.40 bits per heavy atom. The van der Waals surface area contributed by atoms with E-state index in [-0.39, 0.29) is 6.92 Å². The summed E-state index contributed by atoms with van der Waals surface area (Å²) >= 11 is 0. The predicted molar refractivity (Wildman–Crippen MR) is 77.8 cm³/mol. The fourth-order valence-corrected chi connectivity index (χ4v) is 2.30. The van der Waals surface area contributed by atoms with Crippen molar-refractivity contribution in [2.75, 3.05) is 0 Å². The molecule has 3 rings (SSSR count). The maximum atomic E-state index is 6.96. The lowest BCUT2D eigenvalue weighted by Crippen LogP contribution is -2.23. The highest BCUT2D eigenvalue weighted by Crippen LogP contribution is 2.27. The minimum atomic E-state index is 0.150. The molecular formula is C15H13BN2O2. The predicted octanol–water partition coefficient (Wildman–Crippen LogP) is 3.09. The Hall–Kier alpha value is -2.32. The smallest absolute Gasteiger partial charge is 0.324 e. The van der Waals surface area contributed by atoms with E-state index in [2.05, 4.69) is 9.83 Å². The fourth-order valence-electron chi connectivity index (χ4n) is 2.30. The fraction of sp³-hybridized carbons (Fsp3) is 0.200. The Bertz CT molecular complexity index is 710. The standard InChI is InChI=1S/C15H13BN2O2/c1-10-6-12(17-3)8-18-15(10)20-13-4-5-14-11(7-13)9-19-16(14)2/h4-8H,9H2,1-2H3. The van der Waals surface area contributed by atoms with E-state index in [9.17, 15) is 0 Å². The molecule has 0 aliphatic carbocycles. The highest BCUT2D eigenvalue weighted by Gasteiger charge is 2.23.